The van der Waals surface area contributed by atoms with Gasteiger partial charge in [-0.15, -0.1) is 0 Å². The van der Waals surface area contributed by atoms with Crippen LogP contribution in [0.15, 0.2) is 24.3 Å². The van der Waals surface area contributed by atoms with Crippen LogP contribution >= 0.6 is 0 Å². The number of nitrogens with one attached hydrogen (secondary N) is 2. The Morgan fingerprint density at radius 3 is 2.35 bits per heavy atom. The highest BCUT2D eigenvalue weighted by Crippen LogP contribution is 2.30. The summed E-state index contributed by atoms with van der Waals surface area (Å²) in [4.78, 5) is 11.7. The lowest BCUT2D eigenvalue weighted by atomic mass is 9.81. The van der Waals surface area contributed by atoms with Crippen molar-refractivity contribution in [1.29, 1.82) is 0 Å². The second-order valence-electron chi connectivity index (χ2n) is 10.3. The number of para-hydroxylation sites is 1. The van der Waals surface area contributed by atoms with Crippen molar-refractivity contribution >= 4 is 22.7 Å². The van der Waals surface area contributed by atoms with Crippen LogP contribution in [0.5, 0.6) is 0 Å². The molecule has 5 nitrogen and oxygen atoms in total. The number of hydrogen-bond donors (Lipinski definition) is 2. The standard InChI is InChI=1S/C26H41N5/c1-19-8-10-20(11-9-19)16-17-27-18-21-12-14-22(15-13-21)28-26-29-24-7-5-4-6-23(24)25(30-26)31(2)3/h4-7,19-22,27H,8-18H2,1-3H3,(H,28,29,30)/t19?,20?,21-,22+. The summed E-state index contributed by atoms with van der Waals surface area (Å²) < 4.78 is 0. The van der Waals surface area contributed by atoms with E-state index in [0.29, 0.717) is 6.04 Å². The number of hydrogen-bond acceptors (Lipinski definition) is 5. The van der Waals surface area contributed by atoms with Crippen molar-refractivity contribution in [3.8, 4) is 0 Å². The third-order valence-electron chi connectivity index (χ3n) is 7.48. The fraction of sp³-hybridized carbons (Fsp3) is 0.692. The van der Waals surface area contributed by atoms with E-state index in [1.165, 1.54) is 70.9 Å². The normalized spacial score (nSPS) is 26.7. The van der Waals surface area contributed by atoms with Gasteiger partial charge in [0.15, 0.2) is 0 Å². The quantitative estimate of drug-likeness (QED) is 0.551. The maximum atomic E-state index is 4.81. The van der Waals surface area contributed by atoms with Gasteiger partial charge < -0.3 is 15.5 Å². The SMILES string of the molecule is CC1CCC(CCNC[C@H]2CC[C@@H](Nc3nc(N(C)C)c4ccccc4n3)CC2)CC1. The van der Waals surface area contributed by atoms with Gasteiger partial charge in [-0.3, -0.25) is 0 Å². The van der Waals surface area contributed by atoms with E-state index in [0.717, 1.165) is 40.4 Å². The Labute approximate surface area is 188 Å². The second kappa shape index (κ2) is 10.6. The van der Waals surface area contributed by atoms with Crippen LogP contribution in [0.1, 0.15) is 64.7 Å². The second-order valence-corrected chi connectivity index (χ2v) is 10.3. The summed E-state index contributed by atoms with van der Waals surface area (Å²) in [5, 5.41) is 8.51. The average Bonchev–Trinajstić information content (AvgIpc) is 2.78. The van der Waals surface area contributed by atoms with E-state index in [1.54, 1.807) is 0 Å². The van der Waals surface area contributed by atoms with Crippen LogP contribution < -0.4 is 15.5 Å². The zero-order valence-corrected chi connectivity index (χ0v) is 19.7. The molecule has 0 saturated heterocycles. The predicted molar refractivity (Wildman–Crippen MR) is 132 cm³/mol. The summed E-state index contributed by atoms with van der Waals surface area (Å²) >= 11 is 0. The molecule has 0 aliphatic heterocycles. The number of aromatic nitrogens is 2. The minimum absolute atomic E-state index is 0.483. The van der Waals surface area contributed by atoms with E-state index in [-0.39, 0.29) is 0 Å². The van der Waals surface area contributed by atoms with Gasteiger partial charge in [0.1, 0.15) is 5.82 Å². The molecule has 2 aromatic rings. The Balaban J connectivity index is 1.21. The largest absolute Gasteiger partial charge is 0.362 e. The molecule has 1 heterocycles. The molecule has 5 heteroatoms. The van der Waals surface area contributed by atoms with Crippen LogP contribution in [-0.2, 0) is 0 Å². The first kappa shape index (κ1) is 22.3. The van der Waals surface area contributed by atoms with Gasteiger partial charge in [0.25, 0.3) is 0 Å². The summed E-state index contributed by atoms with van der Waals surface area (Å²) in [5.41, 5.74) is 1.01. The highest BCUT2D eigenvalue weighted by molar-refractivity contribution is 5.90. The van der Waals surface area contributed by atoms with Crippen LogP contribution in [-0.4, -0.2) is 43.2 Å². The molecule has 31 heavy (non-hydrogen) atoms. The van der Waals surface area contributed by atoms with Gasteiger partial charge >= 0.3 is 0 Å². The summed E-state index contributed by atoms with van der Waals surface area (Å²) in [7, 11) is 4.09. The van der Waals surface area contributed by atoms with Gasteiger partial charge in [-0.1, -0.05) is 44.7 Å². The summed E-state index contributed by atoms with van der Waals surface area (Å²) in [6, 6.07) is 8.76. The maximum absolute atomic E-state index is 4.81. The smallest absolute Gasteiger partial charge is 0.225 e. The van der Waals surface area contributed by atoms with Gasteiger partial charge in [-0.05, 0) is 75.1 Å². The lowest BCUT2D eigenvalue weighted by molar-refractivity contribution is 0.269. The topological polar surface area (TPSA) is 53.1 Å². The molecule has 0 amide bonds. The molecule has 0 atom stereocenters. The Morgan fingerprint density at radius 2 is 1.61 bits per heavy atom. The van der Waals surface area contributed by atoms with E-state index in [2.05, 4.69) is 40.7 Å². The predicted octanol–water partition coefficient (Wildman–Crippen LogP) is 5.47. The first-order chi connectivity index (χ1) is 15.1. The van der Waals surface area contributed by atoms with Crippen molar-refractivity contribution in [3.05, 3.63) is 24.3 Å². The van der Waals surface area contributed by atoms with E-state index >= 15 is 0 Å². The first-order valence-electron chi connectivity index (χ1n) is 12.5. The van der Waals surface area contributed by atoms with Crippen molar-refractivity contribution < 1.29 is 0 Å². The van der Waals surface area contributed by atoms with Crippen molar-refractivity contribution in [2.45, 2.75) is 70.8 Å². The van der Waals surface area contributed by atoms with E-state index in [9.17, 15) is 0 Å². The van der Waals surface area contributed by atoms with E-state index in [1.807, 2.05) is 20.2 Å². The fourth-order valence-corrected chi connectivity index (χ4v) is 5.39. The van der Waals surface area contributed by atoms with Crippen LogP contribution in [0.3, 0.4) is 0 Å². The fourth-order valence-electron chi connectivity index (χ4n) is 5.39. The molecule has 170 valence electrons. The Kier molecular flexibility index (Phi) is 7.65. The average molecular weight is 424 g/mol. The minimum atomic E-state index is 0.483. The van der Waals surface area contributed by atoms with Crippen LogP contribution in [0.25, 0.3) is 10.9 Å². The Bertz CT molecular complexity index is 820. The molecule has 2 aliphatic carbocycles. The monoisotopic (exact) mass is 423 g/mol. The number of fused-ring (bicyclic) bond motifs is 1. The molecule has 2 saturated carbocycles. The highest BCUT2D eigenvalue weighted by atomic mass is 15.2. The van der Waals surface area contributed by atoms with Crippen molar-refractivity contribution in [1.82, 2.24) is 15.3 Å². The summed E-state index contributed by atoms with van der Waals surface area (Å²) in [6.07, 6.45) is 12.2. The van der Waals surface area contributed by atoms with Crippen molar-refractivity contribution in [2.24, 2.45) is 17.8 Å². The molecular formula is C26H41N5. The number of nitrogens with zero attached hydrogens (tertiary/aromatic N) is 3. The number of benzene rings is 1. The Morgan fingerprint density at radius 1 is 0.903 bits per heavy atom. The molecule has 2 N–H and O–H groups in total. The molecule has 1 aromatic heterocycles. The molecule has 2 fully saturated rings. The van der Waals surface area contributed by atoms with Gasteiger partial charge in [-0.2, -0.15) is 4.98 Å². The molecule has 0 spiro atoms. The molecular weight excluding hydrogens is 382 g/mol. The third-order valence-corrected chi connectivity index (χ3v) is 7.48. The van der Waals surface area contributed by atoms with E-state index < -0.39 is 0 Å². The lowest BCUT2D eigenvalue weighted by Crippen LogP contribution is -2.32. The maximum Gasteiger partial charge on any atom is 0.225 e. The molecule has 0 unspecified atom stereocenters. The van der Waals surface area contributed by atoms with Crippen molar-refractivity contribution in [3.63, 3.8) is 0 Å². The molecule has 4 rings (SSSR count). The number of rotatable bonds is 8. The van der Waals surface area contributed by atoms with Gasteiger partial charge in [-0.25, -0.2) is 4.98 Å². The van der Waals surface area contributed by atoms with Crippen LogP contribution in [0, 0.1) is 17.8 Å². The van der Waals surface area contributed by atoms with Crippen molar-refractivity contribution in [2.75, 3.05) is 37.4 Å². The molecule has 1 aromatic carbocycles. The molecule has 0 bridgehead atoms. The zero-order chi connectivity index (χ0) is 21.6. The molecule has 0 radical (unpaired) electrons. The summed E-state index contributed by atoms with van der Waals surface area (Å²) in [6.45, 7) is 4.80. The molecule has 2 aliphatic rings. The zero-order valence-electron chi connectivity index (χ0n) is 19.7. The van der Waals surface area contributed by atoms with Crippen LogP contribution in [0.4, 0.5) is 11.8 Å². The first-order valence-corrected chi connectivity index (χ1v) is 12.5. The summed E-state index contributed by atoms with van der Waals surface area (Å²) in [5.74, 6) is 4.50. The number of anilines is 2. The van der Waals surface area contributed by atoms with Crippen LogP contribution in [0.2, 0.25) is 0 Å². The van der Waals surface area contributed by atoms with Gasteiger partial charge in [0.2, 0.25) is 5.95 Å². The third kappa shape index (κ3) is 6.09. The van der Waals surface area contributed by atoms with Gasteiger partial charge in [0.05, 0.1) is 5.52 Å². The highest BCUT2D eigenvalue weighted by Gasteiger charge is 2.22. The Hall–Kier alpha value is -1.88. The minimum Gasteiger partial charge on any atom is -0.362 e. The lowest BCUT2D eigenvalue weighted by Gasteiger charge is -2.30. The van der Waals surface area contributed by atoms with Gasteiger partial charge in [0, 0.05) is 25.5 Å². The van der Waals surface area contributed by atoms with E-state index in [4.69, 9.17) is 9.97 Å².